The summed E-state index contributed by atoms with van der Waals surface area (Å²) in [5.74, 6) is 0.675. The molecule has 0 atom stereocenters. The monoisotopic (exact) mass is 367 g/mol. The Morgan fingerprint density at radius 3 is 2.44 bits per heavy atom. The van der Waals surface area contributed by atoms with Gasteiger partial charge >= 0.3 is 0 Å². The number of rotatable bonds is 9. The maximum atomic E-state index is 11.5. The van der Waals surface area contributed by atoms with E-state index in [9.17, 15) is 4.79 Å². The molecule has 3 heteroatoms. The van der Waals surface area contributed by atoms with Crippen LogP contribution in [0.3, 0.4) is 0 Å². The van der Waals surface area contributed by atoms with E-state index in [1.807, 2.05) is 30.3 Å². The van der Waals surface area contributed by atoms with Gasteiger partial charge in [0.2, 0.25) is 0 Å². The molecule has 2 aromatic rings. The van der Waals surface area contributed by atoms with Crippen LogP contribution < -0.4 is 4.74 Å². The highest BCUT2D eigenvalue weighted by Crippen LogP contribution is 2.28. The molecule has 146 valence electrons. The Bertz CT molecular complexity index is 746. The third kappa shape index (κ3) is 6.21. The summed E-state index contributed by atoms with van der Waals surface area (Å²) in [5.41, 5.74) is 4.23. The summed E-state index contributed by atoms with van der Waals surface area (Å²) < 4.78 is 5.88. The maximum absolute atomic E-state index is 11.5. The van der Waals surface area contributed by atoms with Crippen LogP contribution in [0.4, 0.5) is 0 Å². The Labute approximate surface area is 164 Å². The molecule has 2 rings (SSSR count). The molecule has 2 aromatic carbocycles. The molecule has 0 aromatic heterocycles. The summed E-state index contributed by atoms with van der Waals surface area (Å²) >= 11 is 0. The van der Waals surface area contributed by atoms with E-state index in [4.69, 9.17) is 4.74 Å². The first-order chi connectivity index (χ1) is 12.8. The van der Waals surface area contributed by atoms with Crippen molar-refractivity contribution < 1.29 is 9.53 Å². The van der Waals surface area contributed by atoms with Gasteiger partial charge in [0.25, 0.3) is 0 Å². The number of aldehydes is 1. The lowest BCUT2D eigenvalue weighted by Crippen LogP contribution is -2.38. The lowest BCUT2D eigenvalue weighted by atomic mass is 9.99. The van der Waals surface area contributed by atoms with Crippen LogP contribution in [0.1, 0.15) is 56.0 Å². The lowest BCUT2D eigenvalue weighted by Gasteiger charge is -2.31. The zero-order chi connectivity index (χ0) is 19.9. The molecule has 0 spiro atoms. The van der Waals surface area contributed by atoms with Crippen LogP contribution in [0.2, 0.25) is 0 Å². The Balaban J connectivity index is 1.87. The van der Waals surface area contributed by atoms with E-state index >= 15 is 0 Å². The maximum Gasteiger partial charge on any atom is 0.153 e. The predicted octanol–water partition coefficient (Wildman–Crippen LogP) is 5.75. The van der Waals surface area contributed by atoms with E-state index in [1.54, 1.807) is 0 Å². The van der Waals surface area contributed by atoms with Crippen molar-refractivity contribution in [2.24, 2.45) is 0 Å². The molecular weight excluding hydrogens is 334 g/mol. The average Bonchev–Trinajstić information content (AvgIpc) is 2.64. The molecule has 0 bridgehead atoms. The molecule has 3 nitrogen and oxygen atoms in total. The first-order valence-electron chi connectivity index (χ1n) is 9.82. The molecule has 0 fully saturated rings. The standard InChI is InChI=1S/C24H33NO2/c1-19-11-7-8-12-22(19)20-13-14-23(21(17-20)18-26)27-16-10-6-9-15-25(5)24(2,3)4/h7-8,11-14,17-18H,6,9-10,15-16H2,1-5H3. The van der Waals surface area contributed by atoms with Crippen LogP contribution in [0.5, 0.6) is 5.75 Å². The number of hydrogen-bond acceptors (Lipinski definition) is 3. The topological polar surface area (TPSA) is 29.5 Å². The minimum Gasteiger partial charge on any atom is -0.493 e. The Morgan fingerprint density at radius 2 is 1.78 bits per heavy atom. The summed E-state index contributed by atoms with van der Waals surface area (Å²) in [6.07, 6.45) is 4.16. The molecule has 0 saturated heterocycles. The van der Waals surface area contributed by atoms with Crippen molar-refractivity contribution in [3.05, 3.63) is 53.6 Å². The van der Waals surface area contributed by atoms with Gasteiger partial charge in [-0.2, -0.15) is 0 Å². The van der Waals surface area contributed by atoms with Crippen molar-refractivity contribution in [3.8, 4) is 16.9 Å². The lowest BCUT2D eigenvalue weighted by molar-refractivity contribution is 0.111. The van der Waals surface area contributed by atoms with Crippen molar-refractivity contribution in [3.63, 3.8) is 0 Å². The second-order valence-electron chi connectivity index (χ2n) is 8.19. The van der Waals surface area contributed by atoms with Gasteiger partial charge in [0.15, 0.2) is 6.29 Å². The zero-order valence-electron chi connectivity index (χ0n) is 17.4. The second kappa shape index (κ2) is 9.70. The van der Waals surface area contributed by atoms with Crippen LogP contribution in [0.15, 0.2) is 42.5 Å². The zero-order valence-corrected chi connectivity index (χ0v) is 17.4. The van der Waals surface area contributed by atoms with Crippen molar-refractivity contribution in [1.29, 1.82) is 0 Å². The molecule has 0 radical (unpaired) electrons. The normalized spacial score (nSPS) is 11.6. The van der Waals surface area contributed by atoms with Crippen LogP contribution in [0, 0.1) is 6.92 Å². The van der Waals surface area contributed by atoms with Crippen LogP contribution in [-0.2, 0) is 0 Å². The quantitative estimate of drug-likeness (QED) is 0.417. The summed E-state index contributed by atoms with van der Waals surface area (Å²) in [7, 11) is 2.17. The molecule has 0 aliphatic carbocycles. The third-order valence-corrected chi connectivity index (χ3v) is 5.13. The summed E-state index contributed by atoms with van der Waals surface area (Å²) in [6, 6.07) is 14.1. The van der Waals surface area contributed by atoms with Gasteiger partial charge < -0.3 is 9.64 Å². The highest BCUT2D eigenvalue weighted by Gasteiger charge is 2.15. The first-order valence-corrected chi connectivity index (χ1v) is 9.82. The number of unbranched alkanes of at least 4 members (excludes halogenated alkanes) is 2. The molecule has 0 saturated carbocycles. The number of carbonyl (C=O) groups is 1. The van der Waals surface area contributed by atoms with Gasteiger partial charge in [0.05, 0.1) is 12.2 Å². The minimum atomic E-state index is 0.216. The van der Waals surface area contributed by atoms with Crippen molar-refractivity contribution in [2.75, 3.05) is 20.2 Å². The van der Waals surface area contributed by atoms with Gasteiger partial charge in [-0.25, -0.2) is 0 Å². The van der Waals surface area contributed by atoms with Gasteiger partial charge in [-0.15, -0.1) is 0 Å². The van der Waals surface area contributed by atoms with Gasteiger partial charge in [-0.3, -0.25) is 4.79 Å². The third-order valence-electron chi connectivity index (χ3n) is 5.13. The van der Waals surface area contributed by atoms with Crippen LogP contribution in [0.25, 0.3) is 11.1 Å². The molecule has 0 aliphatic rings. The summed E-state index contributed by atoms with van der Waals surface area (Å²) in [6.45, 7) is 10.5. The van der Waals surface area contributed by atoms with Gasteiger partial charge in [0, 0.05) is 5.54 Å². The van der Waals surface area contributed by atoms with Crippen molar-refractivity contribution in [1.82, 2.24) is 4.90 Å². The second-order valence-corrected chi connectivity index (χ2v) is 8.19. The van der Waals surface area contributed by atoms with Gasteiger partial charge in [-0.05, 0) is 89.4 Å². The molecule has 27 heavy (non-hydrogen) atoms. The van der Waals surface area contributed by atoms with E-state index in [2.05, 4.69) is 51.8 Å². The van der Waals surface area contributed by atoms with Crippen LogP contribution in [-0.4, -0.2) is 36.9 Å². The predicted molar refractivity (Wildman–Crippen MR) is 114 cm³/mol. The fourth-order valence-electron chi connectivity index (χ4n) is 2.98. The number of hydrogen-bond donors (Lipinski definition) is 0. The number of carbonyl (C=O) groups excluding carboxylic acids is 1. The van der Waals surface area contributed by atoms with E-state index in [0.29, 0.717) is 17.9 Å². The molecule has 0 amide bonds. The Kier molecular flexibility index (Phi) is 7.61. The van der Waals surface area contributed by atoms with Crippen molar-refractivity contribution >= 4 is 6.29 Å². The number of nitrogens with zero attached hydrogens (tertiary/aromatic N) is 1. The number of ether oxygens (including phenoxy) is 1. The first kappa shape index (κ1) is 21.2. The smallest absolute Gasteiger partial charge is 0.153 e. The highest BCUT2D eigenvalue weighted by atomic mass is 16.5. The summed E-state index contributed by atoms with van der Waals surface area (Å²) in [4.78, 5) is 13.9. The molecule has 0 N–H and O–H groups in total. The van der Waals surface area contributed by atoms with Gasteiger partial charge in [-0.1, -0.05) is 30.3 Å². The molecule has 0 aliphatic heterocycles. The number of aryl methyl sites for hydroxylation is 1. The average molecular weight is 368 g/mol. The largest absolute Gasteiger partial charge is 0.493 e. The Hall–Kier alpha value is -2.13. The fourth-order valence-corrected chi connectivity index (χ4v) is 2.98. The SMILES string of the molecule is Cc1ccccc1-c1ccc(OCCCCCN(C)C(C)(C)C)c(C=O)c1. The summed E-state index contributed by atoms with van der Waals surface area (Å²) in [5, 5.41) is 0. The fraction of sp³-hybridized carbons (Fsp3) is 0.458. The van der Waals surface area contributed by atoms with E-state index < -0.39 is 0 Å². The van der Waals surface area contributed by atoms with E-state index in [0.717, 1.165) is 43.2 Å². The minimum absolute atomic E-state index is 0.216. The Morgan fingerprint density at radius 1 is 1.04 bits per heavy atom. The van der Waals surface area contributed by atoms with Gasteiger partial charge in [0.1, 0.15) is 5.75 Å². The molecule has 0 unspecified atom stereocenters. The molecule has 0 heterocycles. The van der Waals surface area contributed by atoms with Crippen LogP contribution >= 0.6 is 0 Å². The number of benzene rings is 2. The van der Waals surface area contributed by atoms with E-state index in [1.165, 1.54) is 5.56 Å². The van der Waals surface area contributed by atoms with E-state index in [-0.39, 0.29) is 5.54 Å². The molecular formula is C24H33NO2. The highest BCUT2D eigenvalue weighted by molar-refractivity contribution is 5.83. The van der Waals surface area contributed by atoms with Crippen molar-refractivity contribution in [2.45, 2.75) is 52.5 Å².